The topological polar surface area (TPSA) is 170 Å². The molecule has 12 nitrogen and oxygen atoms in total. The first-order chi connectivity index (χ1) is 22.2. The SMILES string of the molecule is CCN(N)c1ccc(C(c2ccc(C)c(CN3CCOc4ncccc4S3(=O)=O)c2)C(C)(C)C(=O)Nc2cnc(Cl)nc2)c(C)c1N. The highest BCUT2D eigenvalue weighted by molar-refractivity contribution is 7.89. The summed E-state index contributed by atoms with van der Waals surface area (Å²) in [5, 5.41) is 4.57. The van der Waals surface area contributed by atoms with E-state index in [0.29, 0.717) is 23.6 Å². The maximum absolute atomic E-state index is 14.1. The Morgan fingerprint density at radius 3 is 2.57 bits per heavy atom. The van der Waals surface area contributed by atoms with Crippen LogP contribution in [-0.2, 0) is 21.4 Å². The van der Waals surface area contributed by atoms with E-state index in [-0.39, 0.29) is 41.7 Å². The lowest BCUT2D eigenvalue weighted by Crippen LogP contribution is -2.38. The molecule has 2 aromatic heterocycles. The molecule has 3 heterocycles. The average Bonchev–Trinajstić information content (AvgIpc) is 3.16. The quantitative estimate of drug-likeness (QED) is 0.0967. The van der Waals surface area contributed by atoms with Gasteiger partial charge in [0.15, 0.2) is 0 Å². The van der Waals surface area contributed by atoms with Gasteiger partial charge in [0.1, 0.15) is 11.5 Å². The number of amides is 1. The molecule has 5 N–H and O–H groups in total. The normalized spacial score (nSPS) is 15.2. The highest BCUT2D eigenvalue weighted by Gasteiger charge is 2.41. The van der Waals surface area contributed by atoms with Crippen molar-refractivity contribution in [2.45, 2.75) is 52.0 Å². The van der Waals surface area contributed by atoms with Gasteiger partial charge in [-0.2, -0.15) is 4.31 Å². The summed E-state index contributed by atoms with van der Waals surface area (Å²) in [7, 11) is -3.90. The first-order valence-corrected chi connectivity index (χ1v) is 16.9. The molecule has 0 spiro atoms. The first-order valence-electron chi connectivity index (χ1n) is 15.1. The second-order valence-electron chi connectivity index (χ2n) is 12.0. The van der Waals surface area contributed by atoms with Crippen LogP contribution < -0.4 is 26.6 Å². The van der Waals surface area contributed by atoms with Crippen molar-refractivity contribution in [3.63, 3.8) is 0 Å². The van der Waals surface area contributed by atoms with Crippen LogP contribution >= 0.6 is 11.6 Å². The fourth-order valence-electron chi connectivity index (χ4n) is 5.83. The van der Waals surface area contributed by atoms with E-state index >= 15 is 0 Å². The van der Waals surface area contributed by atoms with E-state index in [9.17, 15) is 13.2 Å². The maximum Gasteiger partial charge on any atom is 0.248 e. The number of hydrazine groups is 1. The largest absolute Gasteiger partial charge is 0.475 e. The number of anilines is 3. The van der Waals surface area contributed by atoms with Crippen LogP contribution in [0.5, 0.6) is 5.88 Å². The predicted molar refractivity (Wildman–Crippen MR) is 183 cm³/mol. The number of halogens is 1. The number of nitrogens with two attached hydrogens (primary N) is 2. The molecule has 47 heavy (non-hydrogen) atoms. The van der Waals surface area contributed by atoms with E-state index in [4.69, 9.17) is 27.9 Å². The maximum atomic E-state index is 14.1. The molecular weight excluding hydrogens is 640 g/mol. The van der Waals surface area contributed by atoms with Gasteiger partial charge in [0.05, 0.1) is 34.9 Å². The third-order valence-corrected chi connectivity index (χ3v) is 10.7. The van der Waals surface area contributed by atoms with Crippen molar-refractivity contribution in [2.75, 3.05) is 35.8 Å². The molecule has 1 unspecified atom stereocenters. The third-order valence-electron chi connectivity index (χ3n) is 8.67. The third kappa shape index (κ3) is 6.75. The highest BCUT2D eigenvalue weighted by Crippen LogP contribution is 2.46. The van der Waals surface area contributed by atoms with Crippen molar-refractivity contribution in [2.24, 2.45) is 11.3 Å². The molecular formula is C33H39ClN8O4S. The van der Waals surface area contributed by atoms with Gasteiger partial charge in [-0.1, -0.05) is 38.1 Å². The second kappa shape index (κ2) is 13.4. The molecule has 1 atom stereocenters. The molecule has 0 fully saturated rings. The van der Waals surface area contributed by atoms with E-state index in [0.717, 1.165) is 27.8 Å². The summed E-state index contributed by atoms with van der Waals surface area (Å²) in [4.78, 5) is 26.2. The summed E-state index contributed by atoms with van der Waals surface area (Å²) in [6.07, 6.45) is 4.39. The number of hydrogen-bond acceptors (Lipinski definition) is 10. The molecule has 2 aromatic carbocycles. The van der Waals surface area contributed by atoms with Gasteiger partial charge in [-0.15, -0.1) is 0 Å². The van der Waals surface area contributed by atoms with Gasteiger partial charge in [0.2, 0.25) is 27.1 Å². The minimum absolute atomic E-state index is 0.0281. The summed E-state index contributed by atoms with van der Waals surface area (Å²) in [5.41, 5.74) is 11.3. The number of pyridine rings is 1. The molecule has 248 valence electrons. The molecule has 1 amide bonds. The van der Waals surface area contributed by atoms with Crippen LogP contribution in [0.2, 0.25) is 5.28 Å². The van der Waals surface area contributed by atoms with E-state index < -0.39 is 21.4 Å². The van der Waals surface area contributed by atoms with Crippen LogP contribution in [0, 0.1) is 19.3 Å². The fraction of sp³-hybridized carbons (Fsp3) is 0.333. The summed E-state index contributed by atoms with van der Waals surface area (Å²) in [6, 6.07) is 12.8. The van der Waals surface area contributed by atoms with E-state index in [1.165, 1.54) is 29.0 Å². The molecule has 5 rings (SSSR count). The Bertz CT molecular complexity index is 1900. The van der Waals surface area contributed by atoms with Crippen molar-refractivity contribution < 1.29 is 17.9 Å². The van der Waals surface area contributed by atoms with Crippen LogP contribution in [0.1, 0.15) is 54.5 Å². The smallest absolute Gasteiger partial charge is 0.248 e. The van der Waals surface area contributed by atoms with E-state index in [2.05, 4.69) is 20.3 Å². The molecule has 0 saturated carbocycles. The number of ether oxygens (including phenoxy) is 1. The lowest BCUT2D eigenvalue weighted by Gasteiger charge is -2.36. The van der Waals surface area contributed by atoms with Gasteiger partial charge < -0.3 is 20.8 Å². The molecule has 0 saturated heterocycles. The van der Waals surface area contributed by atoms with Crippen LogP contribution in [0.3, 0.4) is 0 Å². The highest BCUT2D eigenvalue weighted by atomic mass is 35.5. The van der Waals surface area contributed by atoms with E-state index in [1.54, 1.807) is 11.1 Å². The Balaban J connectivity index is 1.60. The number of aromatic nitrogens is 3. The van der Waals surface area contributed by atoms with Crippen molar-refractivity contribution in [3.05, 3.63) is 94.2 Å². The standard InChI is InChI=1S/C33H39ClN8O4S/c1-6-42(36)26-12-11-25(21(3)29(26)35)28(33(4,5)31(43)40-24-17-38-32(34)39-18-24)22-10-9-20(2)23(16-22)19-41-14-15-46-30-27(47(41,44)45)8-7-13-37-30/h7-13,16-18,28H,6,14-15,19,35-36H2,1-5H3,(H,40,43). The number of sulfonamides is 1. The summed E-state index contributed by atoms with van der Waals surface area (Å²) < 4.78 is 34.5. The van der Waals surface area contributed by atoms with E-state index in [1.807, 2.05) is 65.0 Å². The van der Waals surface area contributed by atoms with Gasteiger partial charge in [0.25, 0.3) is 0 Å². The van der Waals surface area contributed by atoms with Gasteiger partial charge in [-0.3, -0.25) is 4.79 Å². The van der Waals surface area contributed by atoms with Crippen LogP contribution in [-0.4, -0.2) is 53.3 Å². The first kappa shape index (κ1) is 34.0. The molecule has 0 bridgehead atoms. The molecule has 4 aromatic rings. The molecule has 14 heteroatoms. The Kier molecular flexibility index (Phi) is 9.73. The predicted octanol–water partition coefficient (Wildman–Crippen LogP) is 4.80. The number of carbonyl (C=O) groups excluding carboxylic acids is 1. The van der Waals surface area contributed by atoms with Crippen molar-refractivity contribution in [1.82, 2.24) is 19.3 Å². The van der Waals surface area contributed by atoms with Gasteiger partial charge in [-0.05, 0) is 78.4 Å². The number of hydrogen-bond donors (Lipinski definition) is 3. The number of rotatable bonds is 9. The number of nitrogens with one attached hydrogen (secondary N) is 1. The Labute approximate surface area is 280 Å². The number of fused-ring (bicyclic) bond motifs is 1. The van der Waals surface area contributed by atoms with Gasteiger partial charge in [-0.25, -0.2) is 29.2 Å². The Morgan fingerprint density at radius 2 is 1.87 bits per heavy atom. The number of nitrogen functional groups attached to an aromatic ring is 1. The number of benzene rings is 2. The number of nitrogens with zero attached hydrogens (tertiary/aromatic N) is 5. The monoisotopic (exact) mass is 678 g/mol. The zero-order valence-electron chi connectivity index (χ0n) is 27.0. The summed E-state index contributed by atoms with van der Waals surface area (Å²) in [6.45, 7) is 10.4. The van der Waals surface area contributed by atoms with Crippen LogP contribution in [0.25, 0.3) is 0 Å². The molecule has 0 radical (unpaired) electrons. The number of aryl methyl sites for hydroxylation is 1. The minimum atomic E-state index is -3.90. The second-order valence-corrected chi connectivity index (χ2v) is 14.3. The fourth-order valence-corrected chi connectivity index (χ4v) is 7.41. The molecule has 0 aliphatic carbocycles. The summed E-state index contributed by atoms with van der Waals surface area (Å²) in [5.74, 6) is 5.51. The van der Waals surface area contributed by atoms with Crippen molar-refractivity contribution in [3.8, 4) is 5.88 Å². The molecule has 1 aliphatic rings. The van der Waals surface area contributed by atoms with Gasteiger partial charge >= 0.3 is 0 Å². The van der Waals surface area contributed by atoms with Crippen molar-refractivity contribution in [1.29, 1.82) is 0 Å². The summed E-state index contributed by atoms with van der Waals surface area (Å²) >= 11 is 5.87. The van der Waals surface area contributed by atoms with Crippen molar-refractivity contribution >= 4 is 44.6 Å². The Morgan fingerprint density at radius 1 is 1.15 bits per heavy atom. The zero-order valence-corrected chi connectivity index (χ0v) is 28.6. The van der Waals surface area contributed by atoms with Crippen LogP contribution in [0.4, 0.5) is 17.1 Å². The Hall–Kier alpha value is -4.30. The van der Waals surface area contributed by atoms with Gasteiger partial charge in [0, 0.05) is 31.7 Å². The van der Waals surface area contributed by atoms with Crippen LogP contribution in [0.15, 0.2) is 66.0 Å². The lowest BCUT2D eigenvalue weighted by molar-refractivity contribution is -0.124. The average molecular weight is 679 g/mol. The zero-order chi connectivity index (χ0) is 34.1. The lowest BCUT2D eigenvalue weighted by atomic mass is 9.69. The molecule has 1 aliphatic heterocycles. The minimum Gasteiger partial charge on any atom is -0.475 e. The number of carbonyl (C=O) groups is 1.